The van der Waals surface area contributed by atoms with E-state index in [-0.39, 0.29) is 32.0 Å². The minimum absolute atomic E-state index is 0.0613. The Labute approximate surface area is 256 Å². The minimum atomic E-state index is -6.36. The molecule has 1 saturated carbocycles. The number of aliphatic hydroxyl groups is 5. The van der Waals surface area contributed by atoms with Gasteiger partial charge in [0.05, 0.1) is 6.10 Å². The first-order chi connectivity index (χ1) is 20.7. The van der Waals surface area contributed by atoms with Crippen molar-refractivity contribution in [2.45, 2.75) is 98.7 Å². The van der Waals surface area contributed by atoms with Gasteiger partial charge in [-0.05, 0) is 62.8 Å². The molecule has 6 nitrogen and oxygen atoms in total. The number of aliphatic hydroxyl groups excluding tert-OH is 1. The Morgan fingerprint density at radius 3 is 1.21 bits per heavy atom. The summed E-state index contributed by atoms with van der Waals surface area (Å²) in [5.74, 6) is -6.39. The van der Waals surface area contributed by atoms with Gasteiger partial charge in [0.1, 0.15) is 5.75 Å². The van der Waals surface area contributed by atoms with Crippen LogP contribution < -0.4 is 0 Å². The van der Waals surface area contributed by atoms with Gasteiger partial charge in [-0.15, -0.1) is 0 Å². The van der Waals surface area contributed by atoms with E-state index in [4.69, 9.17) is 5.11 Å². The molecule has 0 spiro atoms. The zero-order valence-electron chi connectivity index (χ0n) is 23.6. The van der Waals surface area contributed by atoms with Crippen LogP contribution >= 0.6 is 0 Å². The van der Waals surface area contributed by atoms with Crippen molar-refractivity contribution in [3.05, 3.63) is 29.3 Å². The molecule has 0 aliphatic heterocycles. The third kappa shape index (κ3) is 7.96. The maximum atomic E-state index is 12.8. The monoisotopic (exact) mass is 750 g/mol. The number of alkyl halides is 18. The predicted molar refractivity (Wildman–Crippen MR) is 120 cm³/mol. The average molecular weight is 750 g/mol. The second kappa shape index (κ2) is 12.7. The molecule has 24 heteroatoms. The maximum absolute atomic E-state index is 12.8. The van der Waals surface area contributed by atoms with Crippen molar-refractivity contribution in [2.75, 3.05) is 0 Å². The largest absolute Gasteiger partial charge is 0.508 e. The van der Waals surface area contributed by atoms with Gasteiger partial charge >= 0.3 is 37.1 Å². The van der Waals surface area contributed by atoms with Crippen molar-refractivity contribution in [3.63, 3.8) is 0 Å². The molecule has 1 fully saturated rings. The molecule has 0 bridgehead atoms. The molecule has 2 rings (SSSR count). The lowest BCUT2D eigenvalue weighted by atomic mass is 9.66. The summed E-state index contributed by atoms with van der Waals surface area (Å²) in [6.45, 7) is 0.263. The second-order valence-electron chi connectivity index (χ2n) is 11.2. The van der Waals surface area contributed by atoms with Gasteiger partial charge in [0.15, 0.2) is 11.2 Å². The van der Waals surface area contributed by atoms with E-state index in [0.717, 1.165) is 0 Å². The van der Waals surface area contributed by atoms with E-state index in [0.29, 0.717) is 0 Å². The van der Waals surface area contributed by atoms with Crippen molar-refractivity contribution in [1.29, 1.82) is 0 Å². The van der Waals surface area contributed by atoms with Crippen molar-refractivity contribution in [3.8, 4) is 5.75 Å². The van der Waals surface area contributed by atoms with E-state index in [1.54, 1.807) is 0 Å². The Bertz CT molecular complexity index is 1230. The summed E-state index contributed by atoms with van der Waals surface area (Å²) >= 11 is 0. The molecule has 5 atom stereocenters. The van der Waals surface area contributed by atoms with E-state index < -0.39 is 114 Å². The molecule has 1 aromatic carbocycles. The van der Waals surface area contributed by atoms with Crippen molar-refractivity contribution in [1.82, 2.24) is 0 Å². The lowest BCUT2D eigenvalue weighted by Crippen LogP contribution is -2.64. The van der Waals surface area contributed by atoms with Gasteiger partial charge in [0.25, 0.3) is 11.2 Å². The molecule has 6 N–H and O–H groups in total. The van der Waals surface area contributed by atoms with Crippen LogP contribution in [0.25, 0.3) is 0 Å². The lowest BCUT2D eigenvalue weighted by molar-refractivity contribution is -0.391. The zero-order valence-corrected chi connectivity index (χ0v) is 23.6. The number of aromatic hydroxyl groups is 1. The molecule has 1 aliphatic rings. The van der Waals surface area contributed by atoms with Crippen LogP contribution in [0.3, 0.4) is 0 Å². The summed E-state index contributed by atoms with van der Waals surface area (Å²) in [6.07, 6.45) is -41.4. The van der Waals surface area contributed by atoms with Crippen molar-refractivity contribution < 1.29 is 110 Å². The van der Waals surface area contributed by atoms with E-state index in [1.807, 2.05) is 0 Å². The van der Waals surface area contributed by atoms with E-state index in [9.17, 15) is 105 Å². The quantitative estimate of drug-likeness (QED) is 0.198. The van der Waals surface area contributed by atoms with E-state index in [1.165, 1.54) is 0 Å². The van der Waals surface area contributed by atoms with Gasteiger partial charge in [-0.1, -0.05) is 0 Å². The molecule has 282 valence electrons. The number of benzene rings is 1. The van der Waals surface area contributed by atoms with Gasteiger partial charge in [-0.2, -0.15) is 79.0 Å². The summed E-state index contributed by atoms with van der Waals surface area (Å²) < 4.78 is 230. The summed E-state index contributed by atoms with van der Waals surface area (Å²) in [4.78, 5) is 0. The van der Waals surface area contributed by atoms with Crippen LogP contribution in [-0.4, -0.2) is 85.0 Å². The van der Waals surface area contributed by atoms with Gasteiger partial charge in [-0.25, -0.2) is 0 Å². The Balaban J connectivity index is 0.000000480. The first kappa shape index (κ1) is 43.6. The highest BCUT2D eigenvalue weighted by atomic mass is 19.4. The van der Waals surface area contributed by atoms with Crippen LogP contribution in [0.4, 0.5) is 79.0 Å². The number of hydrogen-bond acceptors (Lipinski definition) is 6. The van der Waals surface area contributed by atoms with Crippen LogP contribution in [-0.2, 0) is 11.2 Å². The van der Waals surface area contributed by atoms with Gasteiger partial charge in [0, 0.05) is 11.5 Å². The predicted octanol–water partition coefficient (Wildman–Crippen LogP) is 6.41. The lowest BCUT2D eigenvalue weighted by Gasteiger charge is -2.46. The van der Waals surface area contributed by atoms with Crippen molar-refractivity contribution >= 4 is 0 Å². The third-order valence-electron chi connectivity index (χ3n) is 7.78. The highest BCUT2D eigenvalue weighted by Gasteiger charge is 2.75. The highest BCUT2D eigenvalue weighted by molar-refractivity contribution is 5.41. The minimum Gasteiger partial charge on any atom is -0.508 e. The molecule has 48 heavy (non-hydrogen) atoms. The Hall–Kier alpha value is -2.44. The Kier molecular flexibility index (Phi) is 11.5. The van der Waals surface area contributed by atoms with Crippen molar-refractivity contribution in [2.24, 2.45) is 11.8 Å². The fourth-order valence-electron chi connectivity index (χ4n) is 4.70. The molecule has 0 heterocycles. The van der Waals surface area contributed by atoms with E-state index in [2.05, 4.69) is 0 Å². The molecule has 0 amide bonds. The molecule has 1 aromatic rings. The third-order valence-corrected chi connectivity index (χ3v) is 7.78. The number of rotatable bonds is 4. The summed E-state index contributed by atoms with van der Waals surface area (Å²) in [5, 5.41) is 55.9. The van der Waals surface area contributed by atoms with Gasteiger partial charge in [-0.3, -0.25) is 0 Å². The van der Waals surface area contributed by atoms with Crippen LogP contribution in [0.5, 0.6) is 5.75 Å². The molecular weight excluding hydrogens is 726 g/mol. The fourth-order valence-corrected chi connectivity index (χ4v) is 4.70. The molecular formula is C24H24F18O6. The first-order valence-corrected chi connectivity index (χ1v) is 12.5. The molecule has 0 radical (unpaired) electrons. The van der Waals surface area contributed by atoms with Crippen LogP contribution in [0.2, 0.25) is 0 Å². The maximum Gasteiger partial charge on any atom is 0.430 e. The van der Waals surface area contributed by atoms with E-state index >= 15 is 0 Å². The first-order valence-electron chi connectivity index (χ1n) is 12.5. The second-order valence-corrected chi connectivity index (χ2v) is 11.2. The van der Waals surface area contributed by atoms with Crippen LogP contribution in [0, 0.1) is 11.8 Å². The Morgan fingerprint density at radius 1 is 0.500 bits per heavy atom. The highest BCUT2D eigenvalue weighted by Crippen LogP contribution is 2.55. The number of phenolic OH excluding ortho intramolecular Hbond substituents is 1. The summed E-state index contributed by atoms with van der Waals surface area (Å²) in [7, 11) is 0. The number of halogens is 18. The molecule has 0 aromatic heterocycles. The number of hydrogen-bond donors (Lipinski definition) is 6. The SMILES string of the molecule is CC(O)(C1CC(O)CC(C(O)(C(F)(F)F)C(F)(F)F)C1)C(F)(F)F.CC(O)(c1cc(O)cc(C(O)(C(F)(F)F)C(F)(F)F)c1)C(F)(F)F. The standard InChI is InChI=1S/C12H15F9O3.C12H9F9O3/c2*1-8(23,10(13,14)15)5-2-6(4-7(22)3-5)9(24,11(16,17)18)12(19,20)21/h5-7,22-24H,2-4H2,1H3;2-4,22-24H,1H3. The Morgan fingerprint density at radius 2 is 0.875 bits per heavy atom. The van der Waals surface area contributed by atoms with Crippen LogP contribution in [0.1, 0.15) is 44.2 Å². The zero-order chi connectivity index (χ0) is 38.7. The normalized spacial score (nSPS) is 23.5. The average Bonchev–Trinajstić information content (AvgIpc) is 2.83. The topological polar surface area (TPSA) is 121 Å². The smallest absolute Gasteiger partial charge is 0.430 e. The van der Waals surface area contributed by atoms with Gasteiger partial charge in [0.2, 0.25) is 0 Å². The molecule has 5 unspecified atom stereocenters. The number of phenols is 1. The molecule has 0 saturated heterocycles. The van der Waals surface area contributed by atoms with Crippen LogP contribution in [0.15, 0.2) is 18.2 Å². The molecule has 1 aliphatic carbocycles. The summed E-state index contributed by atoms with van der Waals surface area (Å²) in [6, 6.07) is -0.394. The summed E-state index contributed by atoms with van der Waals surface area (Å²) in [5.41, 5.74) is -22.0. The fraction of sp³-hybridized carbons (Fsp3) is 0.750. The van der Waals surface area contributed by atoms with Gasteiger partial charge < -0.3 is 30.6 Å².